The van der Waals surface area contributed by atoms with Crippen LogP contribution in [-0.4, -0.2) is 32.1 Å². The van der Waals surface area contributed by atoms with Gasteiger partial charge in [-0.3, -0.25) is 4.79 Å². The van der Waals surface area contributed by atoms with Crippen LogP contribution in [-0.2, 0) is 16.1 Å². The van der Waals surface area contributed by atoms with E-state index in [9.17, 15) is 14.4 Å². The maximum Gasteiger partial charge on any atom is 0.337 e. The lowest BCUT2D eigenvalue weighted by molar-refractivity contribution is 0.0599. The van der Waals surface area contributed by atoms with Gasteiger partial charge in [0.15, 0.2) is 5.76 Å². The Morgan fingerprint density at radius 2 is 1.50 bits per heavy atom. The van der Waals surface area contributed by atoms with Crippen LogP contribution in [0.3, 0.4) is 0 Å². The number of hydrogen-bond donors (Lipinski definition) is 1. The summed E-state index contributed by atoms with van der Waals surface area (Å²) in [6.45, 7) is 0.154. The quantitative estimate of drug-likeness (QED) is 0.594. The average Bonchev–Trinajstić information content (AvgIpc) is 3.26. The van der Waals surface area contributed by atoms with Crippen LogP contribution in [0.1, 0.15) is 37.0 Å². The van der Waals surface area contributed by atoms with Crippen molar-refractivity contribution in [3.63, 3.8) is 0 Å². The van der Waals surface area contributed by atoms with Crippen LogP contribution >= 0.6 is 0 Å². The van der Waals surface area contributed by atoms with E-state index in [0.717, 1.165) is 0 Å². The summed E-state index contributed by atoms with van der Waals surface area (Å²) in [6, 6.07) is 16.4. The van der Waals surface area contributed by atoms with E-state index < -0.39 is 17.8 Å². The highest BCUT2D eigenvalue weighted by atomic mass is 16.5. The van der Waals surface area contributed by atoms with E-state index >= 15 is 0 Å². The third kappa shape index (κ3) is 5.05. The molecule has 1 heterocycles. The first-order chi connectivity index (χ1) is 14.5. The normalized spacial score (nSPS) is 10.2. The summed E-state index contributed by atoms with van der Waals surface area (Å²) >= 11 is 0. The van der Waals surface area contributed by atoms with Crippen molar-refractivity contribution in [3.8, 4) is 5.75 Å². The molecule has 3 aromatic rings. The Balaban J connectivity index is 1.73. The SMILES string of the molecule is COC(=O)c1cc(NC(=O)c2ccc(COc3ccccc3)o2)cc(C(=O)OC)c1. The van der Waals surface area contributed by atoms with Crippen molar-refractivity contribution >= 4 is 23.5 Å². The standard InChI is InChI=1S/C22H19NO7/c1-27-21(25)14-10-15(22(26)28-2)12-16(11-14)23-20(24)19-9-8-18(30-19)13-29-17-6-4-3-5-7-17/h3-12H,13H2,1-2H3,(H,23,24). The number of hydrogen-bond acceptors (Lipinski definition) is 7. The number of ether oxygens (including phenoxy) is 3. The van der Waals surface area contributed by atoms with E-state index in [1.807, 2.05) is 30.3 Å². The summed E-state index contributed by atoms with van der Waals surface area (Å²) in [5.41, 5.74) is 0.390. The minimum absolute atomic E-state index is 0.0461. The fraction of sp³-hybridized carbons (Fsp3) is 0.136. The Morgan fingerprint density at radius 1 is 0.867 bits per heavy atom. The second kappa shape index (κ2) is 9.42. The summed E-state index contributed by atoms with van der Waals surface area (Å²) in [4.78, 5) is 36.2. The first-order valence-corrected chi connectivity index (χ1v) is 8.90. The van der Waals surface area contributed by atoms with Gasteiger partial charge in [0.05, 0.1) is 25.3 Å². The molecule has 0 saturated heterocycles. The van der Waals surface area contributed by atoms with Gasteiger partial charge in [0.1, 0.15) is 18.1 Å². The molecule has 0 saturated carbocycles. The summed E-state index contributed by atoms with van der Waals surface area (Å²) in [5, 5.41) is 2.60. The zero-order valence-electron chi connectivity index (χ0n) is 16.3. The van der Waals surface area contributed by atoms with E-state index in [1.165, 1.54) is 38.5 Å². The largest absolute Gasteiger partial charge is 0.486 e. The number of rotatable bonds is 7. The van der Waals surface area contributed by atoms with E-state index in [4.69, 9.17) is 9.15 Å². The van der Waals surface area contributed by atoms with Crippen LogP contribution in [0.5, 0.6) is 5.75 Å². The zero-order valence-corrected chi connectivity index (χ0v) is 16.3. The van der Waals surface area contributed by atoms with E-state index in [2.05, 4.69) is 14.8 Å². The second-order valence-corrected chi connectivity index (χ2v) is 6.10. The first kappa shape index (κ1) is 20.7. The van der Waals surface area contributed by atoms with Crippen molar-refractivity contribution < 1.29 is 33.0 Å². The highest BCUT2D eigenvalue weighted by Crippen LogP contribution is 2.19. The van der Waals surface area contributed by atoms with Crippen molar-refractivity contribution in [2.24, 2.45) is 0 Å². The topological polar surface area (TPSA) is 104 Å². The number of methoxy groups -OCH3 is 2. The van der Waals surface area contributed by atoms with E-state index in [1.54, 1.807) is 6.07 Å². The lowest BCUT2D eigenvalue weighted by Crippen LogP contribution is -2.13. The Labute approximate surface area is 172 Å². The number of esters is 2. The number of para-hydroxylation sites is 1. The number of benzene rings is 2. The summed E-state index contributed by atoms with van der Waals surface area (Å²) in [5.74, 6) is -0.690. The highest BCUT2D eigenvalue weighted by molar-refractivity contribution is 6.04. The van der Waals surface area contributed by atoms with Gasteiger partial charge in [-0.25, -0.2) is 9.59 Å². The first-order valence-electron chi connectivity index (χ1n) is 8.90. The molecule has 154 valence electrons. The second-order valence-electron chi connectivity index (χ2n) is 6.10. The van der Waals surface area contributed by atoms with Gasteiger partial charge >= 0.3 is 11.9 Å². The van der Waals surface area contributed by atoms with Crippen molar-refractivity contribution in [2.75, 3.05) is 19.5 Å². The Bertz CT molecular complexity index is 1020. The molecule has 0 unspecified atom stereocenters. The molecule has 0 atom stereocenters. The Kier molecular flexibility index (Phi) is 6.49. The molecule has 8 nitrogen and oxygen atoms in total. The molecule has 1 aromatic heterocycles. The molecule has 0 aliphatic heterocycles. The van der Waals surface area contributed by atoms with Crippen LogP contribution in [0, 0.1) is 0 Å². The molecule has 0 aliphatic rings. The molecule has 0 spiro atoms. The minimum atomic E-state index is -0.658. The van der Waals surface area contributed by atoms with Gasteiger partial charge < -0.3 is 23.9 Å². The molecular weight excluding hydrogens is 390 g/mol. The molecule has 1 N–H and O–H groups in total. The zero-order chi connectivity index (χ0) is 21.5. The van der Waals surface area contributed by atoms with Gasteiger partial charge in [-0.1, -0.05) is 18.2 Å². The van der Waals surface area contributed by atoms with Crippen LogP contribution < -0.4 is 10.1 Å². The van der Waals surface area contributed by atoms with E-state index in [0.29, 0.717) is 11.5 Å². The number of carbonyl (C=O) groups excluding carboxylic acids is 3. The fourth-order valence-corrected chi connectivity index (χ4v) is 2.61. The number of anilines is 1. The average molecular weight is 409 g/mol. The number of nitrogens with one attached hydrogen (secondary N) is 1. The number of carbonyl (C=O) groups is 3. The van der Waals surface area contributed by atoms with Crippen molar-refractivity contribution in [2.45, 2.75) is 6.61 Å². The summed E-state index contributed by atoms with van der Waals surface area (Å²) in [6.07, 6.45) is 0. The van der Waals surface area contributed by atoms with Gasteiger partial charge in [-0.2, -0.15) is 0 Å². The van der Waals surface area contributed by atoms with Gasteiger partial charge in [0.2, 0.25) is 0 Å². The van der Waals surface area contributed by atoms with Gasteiger partial charge in [0.25, 0.3) is 5.91 Å². The van der Waals surface area contributed by atoms with Crippen LogP contribution in [0.4, 0.5) is 5.69 Å². The Morgan fingerprint density at radius 3 is 2.10 bits per heavy atom. The van der Waals surface area contributed by atoms with Gasteiger partial charge in [-0.15, -0.1) is 0 Å². The monoisotopic (exact) mass is 409 g/mol. The highest BCUT2D eigenvalue weighted by Gasteiger charge is 2.17. The van der Waals surface area contributed by atoms with Crippen molar-refractivity contribution in [1.29, 1.82) is 0 Å². The van der Waals surface area contributed by atoms with Crippen LogP contribution in [0.25, 0.3) is 0 Å². The lowest BCUT2D eigenvalue weighted by Gasteiger charge is -2.09. The third-order valence-corrected chi connectivity index (χ3v) is 4.04. The summed E-state index contributed by atoms with van der Waals surface area (Å²) < 4.78 is 20.5. The third-order valence-electron chi connectivity index (χ3n) is 4.04. The number of amides is 1. The summed E-state index contributed by atoms with van der Waals surface area (Å²) in [7, 11) is 2.43. The van der Waals surface area contributed by atoms with E-state index in [-0.39, 0.29) is 29.2 Å². The maximum absolute atomic E-state index is 12.5. The molecule has 0 bridgehead atoms. The predicted molar refractivity (Wildman–Crippen MR) is 107 cm³/mol. The molecule has 2 aromatic carbocycles. The van der Waals surface area contributed by atoms with Crippen LogP contribution in [0.15, 0.2) is 65.1 Å². The minimum Gasteiger partial charge on any atom is -0.486 e. The van der Waals surface area contributed by atoms with Crippen molar-refractivity contribution in [3.05, 3.63) is 83.3 Å². The van der Waals surface area contributed by atoms with Gasteiger partial charge in [0, 0.05) is 5.69 Å². The molecule has 3 rings (SSSR count). The molecule has 8 heteroatoms. The molecule has 30 heavy (non-hydrogen) atoms. The van der Waals surface area contributed by atoms with Crippen molar-refractivity contribution in [1.82, 2.24) is 0 Å². The smallest absolute Gasteiger partial charge is 0.337 e. The lowest BCUT2D eigenvalue weighted by atomic mass is 10.1. The molecule has 0 fully saturated rings. The predicted octanol–water partition coefficient (Wildman–Crippen LogP) is 3.68. The fourth-order valence-electron chi connectivity index (χ4n) is 2.61. The Hall–Kier alpha value is -4.07. The van der Waals surface area contributed by atoms with Crippen LogP contribution in [0.2, 0.25) is 0 Å². The molecule has 0 radical (unpaired) electrons. The maximum atomic E-state index is 12.5. The van der Waals surface area contributed by atoms with Gasteiger partial charge in [-0.05, 0) is 42.5 Å². The molecule has 1 amide bonds. The molecule has 0 aliphatic carbocycles. The number of furan rings is 1. The molecular formula is C22H19NO7.